The van der Waals surface area contributed by atoms with Crippen LogP contribution in [0.4, 0.5) is 5.69 Å². The molecular formula is C14H13N3O. The number of rotatable bonds is 3. The average molecular weight is 239 g/mol. The van der Waals surface area contributed by atoms with E-state index in [2.05, 4.69) is 17.2 Å². The van der Waals surface area contributed by atoms with Gasteiger partial charge in [-0.2, -0.15) is 5.10 Å². The van der Waals surface area contributed by atoms with Gasteiger partial charge in [-0.15, -0.1) is 0 Å². The first-order valence-corrected chi connectivity index (χ1v) is 5.73. The summed E-state index contributed by atoms with van der Waals surface area (Å²) < 4.78 is 7.13. The number of nitrogen functional groups attached to an aromatic ring is 1. The van der Waals surface area contributed by atoms with Gasteiger partial charge in [0.15, 0.2) is 11.5 Å². The van der Waals surface area contributed by atoms with E-state index in [1.54, 1.807) is 6.26 Å². The standard InChI is InChI=1S/C14H13N3O/c15-12-10-17(9-11-5-2-1-3-6-11)16-14(12)13-7-4-8-18-13/h1-8,10H,9,15H2. The van der Waals surface area contributed by atoms with Crippen molar-refractivity contribution in [1.82, 2.24) is 9.78 Å². The fraction of sp³-hybridized carbons (Fsp3) is 0.0714. The van der Waals surface area contributed by atoms with Crippen LogP contribution in [0.25, 0.3) is 11.5 Å². The Labute approximate surface area is 105 Å². The SMILES string of the molecule is Nc1cn(Cc2ccccc2)nc1-c1ccco1. The van der Waals surface area contributed by atoms with Gasteiger partial charge in [-0.05, 0) is 17.7 Å². The third-order valence-electron chi connectivity index (χ3n) is 2.73. The predicted molar refractivity (Wildman–Crippen MR) is 69.9 cm³/mol. The Hall–Kier alpha value is -2.49. The van der Waals surface area contributed by atoms with Crippen LogP contribution in [0, 0.1) is 0 Å². The zero-order chi connectivity index (χ0) is 12.4. The number of nitrogens with zero attached hydrogens (tertiary/aromatic N) is 2. The second-order valence-corrected chi connectivity index (χ2v) is 4.09. The van der Waals surface area contributed by atoms with E-state index in [4.69, 9.17) is 10.2 Å². The van der Waals surface area contributed by atoms with Crippen LogP contribution in [-0.2, 0) is 6.54 Å². The van der Waals surface area contributed by atoms with Crippen molar-refractivity contribution in [1.29, 1.82) is 0 Å². The molecular weight excluding hydrogens is 226 g/mol. The molecule has 2 N–H and O–H groups in total. The summed E-state index contributed by atoms with van der Waals surface area (Å²) in [6.45, 7) is 0.700. The van der Waals surface area contributed by atoms with Crippen molar-refractivity contribution in [3.05, 3.63) is 60.5 Å². The van der Waals surface area contributed by atoms with Crippen molar-refractivity contribution in [3.8, 4) is 11.5 Å². The van der Waals surface area contributed by atoms with Crippen LogP contribution in [-0.4, -0.2) is 9.78 Å². The molecule has 0 amide bonds. The predicted octanol–water partition coefficient (Wildman–Crippen LogP) is 2.77. The topological polar surface area (TPSA) is 57.0 Å². The Morgan fingerprint density at radius 3 is 2.67 bits per heavy atom. The molecule has 4 nitrogen and oxygen atoms in total. The van der Waals surface area contributed by atoms with E-state index in [1.165, 1.54) is 5.56 Å². The van der Waals surface area contributed by atoms with Gasteiger partial charge in [0.05, 0.1) is 18.5 Å². The molecule has 0 aliphatic carbocycles. The van der Waals surface area contributed by atoms with Gasteiger partial charge < -0.3 is 10.2 Å². The molecule has 4 heteroatoms. The Balaban J connectivity index is 1.89. The molecule has 0 atom stereocenters. The summed E-state index contributed by atoms with van der Waals surface area (Å²) in [6.07, 6.45) is 3.44. The van der Waals surface area contributed by atoms with Gasteiger partial charge >= 0.3 is 0 Å². The maximum atomic E-state index is 5.94. The van der Waals surface area contributed by atoms with Crippen LogP contribution in [0.1, 0.15) is 5.56 Å². The summed E-state index contributed by atoms with van der Waals surface area (Å²) in [4.78, 5) is 0. The lowest BCUT2D eigenvalue weighted by atomic mass is 10.2. The largest absolute Gasteiger partial charge is 0.463 e. The highest BCUT2D eigenvalue weighted by Crippen LogP contribution is 2.24. The van der Waals surface area contributed by atoms with Crippen molar-refractivity contribution in [2.24, 2.45) is 0 Å². The molecule has 0 spiro atoms. The molecule has 2 aromatic heterocycles. The monoisotopic (exact) mass is 239 g/mol. The van der Waals surface area contributed by atoms with Crippen molar-refractivity contribution < 1.29 is 4.42 Å². The molecule has 0 aliphatic heterocycles. The third-order valence-corrected chi connectivity index (χ3v) is 2.73. The first-order chi connectivity index (χ1) is 8.83. The molecule has 90 valence electrons. The molecule has 2 heterocycles. The number of nitrogens with two attached hydrogens (primary N) is 1. The second-order valence-electron chi connectivity index (χ2n) is 4.09. The van der Waals surface area contributed by atoms with Crippen LogP contribution in [0.15, 0.2) is 59.3 Å². The van der Waals surface area contributed by atoms with Crippen LogP contribution in [0.5, 0.6) is 0 Å². The molecule has 0 saturated carbocycles. The number of anilines is 1. The smallest absolute Gasteiger partial charge is 0.156 e. The summed E-state index contributed by atoms with van der Waals surface area (Å²) in [7, 11) is 0. The highest BCUT2D eigenvalue weighted by atomic mass is 16.3. The summed E-state index contributed by atoms with van der Waals surface area (Å²) in [6, 6.07) is 13.8. The zero-order valence-corrected chi connectivity index (χ0v) is 9.78. The van der Waals surface area contributed by atoms with E-state index >= 15 is 0 Å². The fourth-order valence-corrected chi connectivity index (χ4v) is 1.89. The van der Waals surface area contributed by atoms with Gasteiger partial charge in [0, 0.05) is 6.20 Å². The van der Waals surface area contributed by atoms with Gasteiger partial charge in [-0.3, -0.25) is 4.68 Å². The first-order valence-electron chi connectivity index (χ1n) is 5.73. The van der Waals surface area contributed by atoms with Crippen molar-refractivity contribution in [2.75, 3.05) is 5.73 Å². The van der Waals surface area contributed by atoms with Crippen LogP contribution in [0.3, 0.4) is 0 Å². The summed E-state index contributed by atoms with van der Waals surface area (Å²) >= 11 is 0. The van der Waals surface area contributed by atoms with Crippen molar-refractivity contribution in [2.45, 2.75) is 6.54 Å². The highest BCUT2D eigenvalue weighted by molar-refractivity contribution is 5.67. The Morgan fingerprint density at radius 2 is 1.94 bits per heavy atom. The number of hydrogen-bond acceptors (Lipinski definition) is 3. The maximum Gasteiger partial charge on any atom is 0.156 e. The molecule has 3 aromatic rings. The normalized spacial score (nSPS) is 10.7. The third kappa shape index (κ3) is 2.00. The quantitative estimate of drug-likeness (QED) is 0.764. The van der Waals surface area contributed by atoms with E-state index < -0.39 is 0 Å². The Bertz CT molecular complexity index is 626. The molecule has 0 saturated heterocycles. The summed E-state index contributed by atoms with van der Waals surface area (Å²) in [5.41, 5.74) is 8.45. The molecule has 0 unspecified atom stereocenters. The number of furan rings is 1. The maximum absolute atomic E-state index is 5.94. The van der Waals surface area contributed by atoms with Crippen molar-refractivity contribution in [3.63, 3.8) is 0 Å². The van der Waals surface area contributed by atoms with Gasteiger partial charge in [-0.1, -0.05) is 30.3 Å². The molecule has 18 heavy (non-hydrogen) atoms. The van der Waals surface area contributed by atoms with Crippen LogP contribution < -0.4 is 5.73 Å². The lowest BCUT2D eigenvalue weighted by Crippen LogP contribution is -1.99. The van der Waals surface area contributed by atoms with E-state index in [0.717, 1.165) is 0 Å². The van der Waals surface area contributed by atoms with Crippen LogP contribution >= 0.6 is 0 Å². The van der Waals surface area contributed by atoms with Gasteiger partial charge in [0.1, 0.15) is 0 Å². The van der Waals surface area contributed by atoms with Crippen molar-refractivity contribution >= 4 is 5.69 Å². The van der Waals surface area contributed by atoms with E-state index in [9.17, 15) is 0 Å². The molecule has 3 rings (SSSR count). The summed E-state index contributed by atoms with van der Waals surface area (Å²) in [5, 5.41) is 4.45. The first kappa shape index (κ1) is 10.7. The lowest BCUT2D eigenvalue weighted by molar-refractivity contribution is 0.576. The van der Waals surface area contributed by atoms with E-state index in [1.807, 2.05) is 41.2 Å². The lowest BCUT2D eigenvalue weighted by Gasteiger charge is -2.00. The fourth-order valence-electron chi connectivity index (χ4n) is 1.89. The Morgan fingerprint density at radius 1 is 1.11 bits per heavy atom. The second kappa shape index (κ2) is 4.41. The number of aromatic nitrogens is 2. The number of hydrogen-bond donors (Lipinski definition) is 1. The van der Waals surface area contributed by atoms with E-state index in [-0.39, 0.29) is 0 Å². The molecule has 0 bridgehead atoms. The highest BCUT2D eigenvalue weighted by Gasteiger charge is 2.10. The molecule has 1 aromatic carbocycles. The molecule has 0 fully saturated rings. The summed E-state index contributed by atoms with van der Waals surface area (Å²) in [5.74, 6) is 0.694. The van der Waals surface area contributed by atoms with Crippen LogP contribution in [0.2, 0.25) is 0 Å². The Kier molecular flexibility index (Phi) is 2.61. The van der Waals surface area contributed by atoms with Gasteiger partial charge in [0.25, 0.3) is 0 Å². The molecule has 0 aliphatic rings. The van der Waals surface area contributed by atoms with Gasteiger partial charge in [0.2, 0.25) is 0 Å². The minimum absolute atomic E-state index is 0.626. The van der Waals surface area contributed by atoms with E-state index in [0.29, 0.717) is 23.7 Å². The molecule has 0 radical (unpaired) electrons. The average Bonchev–Trinajstić information content (AvgIpc) is 3.00. The van der Waals surface area contributed by atoms with Gasteiger partial charge in [-0.25, -0.2) is 0 Å². The zero-order valence-electron chi connectivity index (χ0n) is 9.78. The number of benzene rings is 1. The minimum atomic E-state index is 0.626. The minimum Gasteiger partial charge on any atom is -0.463 e.